The summed E-state index contributed by atoms with van der Waals surface area (Å²) in [4.78, 5) is 3.18. The molecule has 0 radical (unpaired) electrons. The highest BCUT2D eigenvalue weighted by molar-refractivity contribution is 9.10. The summed E-state index contributed by atoms with van der Waals surface area (Å²) in [5, 5.41) is 0. The SMILES string of the molecule is CC[NH+](CC[NH+](C)C)Cc1cccc(Br)c1. The van der Waals surface area contributed by atoms with Crippen LogP contribution >= 0.6 is 15.9 Å². The molecule has 1 aromatic carbocycles. The number of likely N-dealkylation sites (N-methyl/N-ethyl adjacent to an activating group) is 2. The van der Waals surface area contributed by atoms with E-state index < -0.39 is 0 Å². The molecule has 0 aliphatic rings. The van der Waals surface area contributed by atoms with Crippen molar-refractivity contribution in [1.29, 1.82) is 0 Å². The summed E-state index contributed by atoms with van der Waals surface area (Å²) < 4.78 is 1.18. The minimum atomic E-state index is 1.13. The standard InChI is InChI=1S/C13H21BrN2/c1-4-16(9-8-15(2)3)11-12-6-5-7-13(14)10-12/h5-7,10H,4,8-9,11H2,1-3H3/p+2. The summed E-state index contributed by atoms with van der Waals surface area (Å²) in [6.07, 6.45) is 0. The molecule has 0 amide bonds. The van der Waals surface area contributed by atoms with Crippen LogP contribution < -0.4 is 9.80 Å². The molecule has 0 saturated carbocycles. The van der Waals surface area contributed by atoms with E-state index in [-0.39, 0.29) is 0 Å². The van der Waals surface area contributed by atoms with Gasteiger partial charge in [0.05, 0.1) is 20.6 Å². The average molecular weight is 287 g/mol. The fourth-order valence-electron chi connectivity index (χ4n) is 1.75. The maximum absolute atomic E-state index is 3.52. The molecule has 0 saturated heterocycles. The summed E-state index contributed by atoms with van der Waals surface area (Å²) in [5.41, 5.74) is 1.42. The molecule has 16 heavy (non-hydrogen) atoms. The Morgan fingerprint density at radius 2 is 1.94 bits per heavy atom. The summed E-state index contributed by atoms with van der Waals surface area (Å²) in [5.74, 6) is 0. The van der Waals surface area contributed by atoms with Crippen molar-refractivity contribution in [1.82, 2.24) is 0 Å². The van der Waals surface area contributed by atoms with E-state index >= 15 is 0 Å². The van der Waals surface area contributed by atoms with E-state index in [1.807, 2.05) is 0 Å². The van der Waals surface area contributed by atoms with Crippen LogP contribution in [0.2, 0.25) is 0 Å². The third-order valence-electron chi connectivity index (χ3n) is 2.82. The van der Waals surface area contributed by atoms with Crippen molar-refractivity contribution >= 4 is 15.9 Å². The van der Waals surface area contributed by atoms with Crippen LogP contribution in [-0.4, -0.2) is 33.7 Å². The van der Waals surface area contributed by atoms with Crippen molar-refractivity contribution < 1.29 is 9.80 Å². The van der Waals surface area contributed by atoms with Crippen molar-refractivity contribution in [2.24, 2.45) is 0 Å². The molecular weight excluding hydrogens is 264 g/mol. The molecule has 2 nitrogen and oxygen atoms in total. The van der Waals surface area contributed by atoms with Gasteiger partial charge in [-0.05, 0) is 19.1 Å². The molecule has 0 aromatic heterocycles. The Morgan fingerprint density at radius 1 is 1.19 bits per heavy atom. The Bertz CT molecular complexity index is 313. The molecule has 0 aliphatic heterocycles. The largest absolute Gasteiger partial charge is 0.335 e. The number of nitrogens with one attached hydrogen (secondary N) is 2. The van der Waals surface area contributed by atoms with E-state index in [4.69, 9.17) is 0 Å². The van der Waals surface area contributed by atoms with Crippen molar-refractivity contribution in [3.63, 3.8) is 0 Å². The number of hydrogen-bond acceptors (Lipinski definition) is 0. The Kier molecular flexibility index (Phi) is 6.03. The highest BCUT2D eigenvalue weighted by Gasteiger charge is 2.08. The van der Waals surface area contributed by atoms with E-state index in [1.54, 1.807) is 4.90 Å². The predicted molar refractivity (Wildman–Crippen MR) is 71.9 cm³/mol. The first-order chi connectivity index (χ1) is 7.61. The lowest BCUT2D eigenvalue weighted by atomic mass is 10.2. The van der Waals surface area contributed by atoms with Gasteiger partial charge in [-0.25, -0.2) is 0 Å². The number of rotatable bonds is 6. The van der Waals surface area contributed by atoms with E-state index in [0.29, 0.717) is 0 Å². The van der Waals surface area contributed by atoms with Gasteiger partial charge in [-0.2, -0.15) is 0 Å². The maximum atomic E-state index is 3.52. The molecule has 1 unspecified atom stereocenters. The minimum Gasteiger partial charge on any atom is -0.335 e. The highest BCUT2D eigenvalue weighted by Crippen LogP contribution is 2.10. The quantitative estimate of drug-likeness (QED) is 0.729. The van der Waals surface area contributed by atoms with Crippen molar-refractivity contribution in [2.45, 2.75) is 13.5 Å². The maximum Gasteiger partial charge on any atom is 0.127 e. The molecule has 1 aromatic rings. The first kappa shape index (κ1) is 13.7. The van der Waals surface area contributed by atoms with Crippen LogP contribution in [0.5, 0.6) is 0 Å². The van der Waals surface area contributed by atoms with E-state index in [2.05, 4.69) is 61.2 Å². The van der Waals surface area contributed by atoms with Gasteiger partial charge in [-0.1, -0.05) is 28.1 Å². The molecule has 0 fully saturated rings. The van der Waals surface area contributed by atoms with Gasteiger partial charge in [-0.3, -0.25) is 0 Å². The van der Waals surface area contributed by atoms with Crippen LogP contribution in [-0.2, 0) is 6.54 Å². The van der Waals surface area contributed by atoms with Gasteiger partial charge in [0, 0.05) is 10.0 Å². The second-order valence-corrected chi connectivity index (χ2v) is 5.53. The second-order valence-electron chi connectivity index (χ2n) is 4.62. The Labute approximate surface area is 107 Å². The fourth-order valence-corrected chi connectivity index (χ4v) is 2.20. The number of quaternary nitrogens is 2. The van der Waals surface area contributed by atoms with Crippen LogP contribution in [0.1, 0.15) is 12.5 Å². The zero-order chi connectivity index (χ0) is 12.0. The lowest BCUT2D eigenvalue weighted by Crippen LogP contribution is -3.17. The smallest absolute Gasteiger partial charge is 0.127 e. The molecule has 90 valence electrons. The summed E-state index contributed by atoms with van der Waals surface area (Å²) in [7, 11) is 4.43. The second kappa shape index (κ2) is 7.05. The number of benzene rings is 1. The predicted octanol–water partition coefficient (Wildman–Crippen LogP) is -0.00160. The first-order valence-electron chi connectivity index (χ1n) is 5.99. The van der Waals surface area contributed by atoms with E-state index in [1.165, 1.54) is 34.6 Å². The zero-order valence-electron chi connectivity index (χ0n) is 10.5. The van der Waals surface area contributed by atoms with Gasteiger partial charge in [0.1, 0.15) is 19.6 Å². The third-order valence-corrected chi connectivity index (χ3v) is 3.31. The van der Waals surface area contributed by atoms with Gasteiger partial charge < -0.3 is 9.80 Å². The van der Waals surface area contributed by atoms with Crippen LogP contribution in [0.15, 0.2) is 28.7 Å². The molecule has 0 bridgehead atoms. The molecule has 1 atom stereocenters. The molecule has 1 rings (SSSR count). The summed E-state index contributed by atoms with van der Waals surface area (Å²) >= 11 is 3.52. The monoisotopic (exact) mass is 286 g/mol. The number of halogens is 1. The van der Waals surface area contributed by atoms with Crippen LogP contribution in [0.25, 0.3) is 0 Å². The van der Waals surface area contributed by atoms with Gasteiger partial charge in [-0.15, -0.1) is 0 Å². The molecule has 0 spiro atoms. The highest BCUT2D eigenvalue weighted by atomic mass is 79.9. The average Bonchev–Trinajstić information content (AvgIpc) is 2.24. The minimum absolute atomic E-state index is 1.13. The molecule has 0 heterocycles. The summed E-state index contributed by atoms with van der Waals surface area (Å²) in [6, 6.07) is 8.63. The van der Waals surface area contributed by atoms with Gasteiger partial charge >= 0.3 is 0 Å². The molecule has 3 heteroatoms. The molecular formula is C13H23BrN2+2. The zero-order valence-corrected chi connectivity index (χ0v) is 12.1. The van der Waals surface area contributed by atoms with Gasteiger partial charge in [0.2, 0.25) is 0 Å². The van der Waals surface area contributed by atoms with Crippen molar-refractivity contribution in [3.8, 4) is 0 Å². The van der Waals surface area contributed by atoms with Crippen molar-refractivity contribution in [2.75, 3.05) is 33.7 Å². The van der Waals surface area contributed by atoms with Gasteiger partial charge in [0.25, 0.3) is 0 Å². The third kappa shape index (κ3) is 5.10. The molecule has 2 N–H and O–H groups in total. The van der Waals surface area contributed by atoms with E-state index in [0.717, 1.165) is 6.54 Å². The Balaban J connectivity index is 2.49. The Hall–Kier alpha value is -0.380. The molecule has 0 aliphatic carbocycles. The van der Waals surface area contributed by atoms with Gasteiger partial charge in [0.15, 0.2) is 0 Å². The van der Waals surface area contributed by atoms with Crippen LogP contribution in [0.4, 0.5) is 0 Å². The lowest BCUT2D eigenvalue weighted by Gasteiger charge is -2.18. The summed E-state index contributed by atoms with van der Waals surface area (Å²) in [6.45, 7) is 7.06. The normalized spacial score (nSPS) is 13.1. The van der Waals surface area contributed by atoms with Crippen LogP contribution in [0, 0.1) is 0 Å². The first-order valence-corrected chi connectivity index (χ1v) is 6.78. The fraction of sp³-hybridized carbons (Fsp3) is 0.538. The van der Waals surface area contributed by atoms with Crippen LogP contribution in [0.3, 0.4) is 0 Å². The Morgan fingerprint density at radius 3 is 2.50 bits per heavy atom. The lowest BCUT2D eigenvalue weighted by molar-refractivity contribution is -0.949. The topological polar surface area (TPSA) is 8.88 Å². The van der Waals surface area contributed by atoms with Crippen molar-refractivity contribution in [3.05, 3.63) is 34.3 Å². The number of hydrogen-bond donors (Lipinski definition) is 2. The van der Waals surface area contributed by atoms with E-state index in [9.17, 15) is 0 Å².